The monoisotopic (exact) mass is 219 g/mol. The normalized spacial score (nSPS) is 39.6. The number of carboxylic acid groups (broad SMARTS) is 1. The minimum absolute atomic E-state index is 0.0103. The molecule has 0 saturated carbocycles. The van der Waals surface area contributed by atoms with E-state index in [1.54, 1.807) is 0 Å². The number of carbonyl (C=O) groups is 1. The fourth-order valence-corrected chi connectivity index (χ4v) is 4.95. The molecule has 2 fully saturated rings. The van der Waals surface area contributed by atoms with Gasteiger partial charge in [-0.3, -0.25) is 4.79 Å². The Morgan fingerprint density at radius 2 is 2.14 bits per heavy atom. The van der Waals surface area contributed by atoms with Crippen LogP contribution in [0.4, 0.5) is 0 Å². The molecule has 0 aliphatic carbocycles. The molecule has 0 spiro atoms. The quantitative estimate of drug-likeness (QED) is 0.628. The summed E-state index contributed by atoms with van der Waals surface area (Å²) in [5.41, 5.74) is 0. The summed E-state index contributed by atoms with van der Waals surface area (Å²) in [6.45, 7) is 1.13. The Hall–Kier alpha value is -0.620. The third kappa shape index (κ3) is 1.52. The molecule has 0 unspecified atom stereocenters. The van der Waals surface area contributed by atoms with Crippen LogP contribution < -0.4 is 5.32 Å². The van der Waals surface area contributed by atoms with Gasteiger partial charge in [-0.05, 0) is 18.4 Å². The summed E-state index contributed by atoms with van der Waals surface area (Å²) in [4.78, 5) is 10.5. The summed E-state index contributed by atoms with van der Waals surface area (Å²) >= 11 is 0. The molecular weight excluding hydrogens is 206 g/mol. The second-order valence-electron chi connectivity index (χ2n) is 4.05. The fourth-order valence-electron chi connectivity index (χ4n) is 2.52. The van der Waals surface area contributed by atoms with Crippen LogP contribution in [0.1, 0.15) is 6.42 Å². The van der Waals surface area contributed by atoms with Crippen LogP contribution in [0.25, 0.3) is 0 Å². The third-order valence-electron chi connectivity index (χ3n) is 3.15. The van der Waals surface area contributed by atoms with Gasteiger partial charge in [0, 0.05) is 13.0 Å². The molecule has 3 atom stereocenters. The van der Waals surface area contributed by atoms with E-state index < -0.39 is 15.8 Å². The van der Waals surface area contributed by atoms with E-state index in [0.717, 1.165) is 0 Å². The van der Waals surface area contributed by atoms with Gasteiger partial charge in [-0.1, -0.05) is 0 Å². The first kappa shape index (κ1) is 9.92. The van der Waals surface area contributed by atoms with Crippen molar-refractivity contribution in [2.45, 2.75) is 11.7 Å². The first-order chi connectivity index (χ1) is 6.50. The second-order valence-corrected chi connectivity index (χ2v) is 6.31. The zero-order chi connectivity index (χ0) is 10.3. The summed E-state index contributed by atoms with van der Waals surface area (Å²) in [7, 11) is -3.04. The van der Waals surface area contributed by atoms with Crippen LogP contribution in [0.2, 0.25) is 0 Å². The molecule has 2 saturated heterocycles. The predicted octanol–water partition coefficient (Wildman–Crippen LogP) is -0.906. The van der Waals surface area contributed by atoms with Gasteiger partial charge in [0.1, 0.15) is 0 Å². The molecule has 14 heavy (non-hydrogen) atoms. The van der Waals surface area contributed by atoms with Crippen molar-refractivity contribution in [1.29, 1.82) is 0 Å². The van der Waals surface area contributed by atoms with E-state index in [1.807, 2.05) is 0 Å². The van der Waals surface area contributed by atoms with Gasteiger partial charge in [0.05, 0.1) is 11.0 Å². The predicted molar refractivity (Wildman–Crippen MR) is 49.7 cm³/mol. The van der Waals surface area contributed by atoms with Gasteiger partial charge in [-0.15, -0.1) is 0 Å². The molecule has 2 aliphatic heterocycles. The van der Waals surface area contributed by atoms with Crippen LogP contribution in [0.5, 0.6) is 0 Å². The average molecular weight is 219 g/mol. The topological polar surface area (TPSA) is 83.5 Å². The first-order valence-corrected chi connectivity index (χ1v) is 6.36. The molecule has 0 bridgehead atoms. The maximum absolute atomic E-state index is 11.6. The molecule has 2 rings (SSSR count). The Balaban J connectivity index is 2.19. The number of hydrogen-bond donors (Lipinski definition) is 2. The van der Waals surface area contributed by atoms with Crippen molar-refractivity contribution in [3.63, 3.8) is 0 Å². The smallest absolute Gasteiger partial charge is 0.303 e. The molecule has 2 N–H and O–H groups in total. The maximum atomic E-state index is 11.6. The van der Waals surface area contributed by atoms with Crippen LogP contribution in [0.15, 0.2) is 0 Å². The molecule has 80 valence electrons. The Kier molecular flexibility index (Phi) is 2.27. The number of rotatable bonds is 2. The lowest BCUT2D eigenvalue weighted by Gasteiger charge is -2.12. The molecule has 0 radical (unpaired) electrons. The summed E-state index contributed by atoms with van der Waals surface area (Å²) in [5.74, 6) is -1.04. The van der Waals surface area contributed by atoms with Crippen molar-refractivity contribution in [1.82, 2.24) is 5.32 Å². The molecule has 0 amide bonds. The number of fused-ring (bicyclic) bond motifs is 1. The standard InChI is InChI=1S/C8H13NO4S/c10-8(11)1-5-4-14(12,13)7-3-9-2-6(5)7/h5-7,9H,1-4H2,(H,10,11)/t5-,6-,7-/m0/s1. The van der Waals surface area contributed by atoms with Gasteiger partial charge in [-0.2, -0.15) is 0 Å². The Labute approximate surface area is 82.4 Å². The van der Waals surface area contributed by atoms with E-state index in [2.05, 4.69) is 5.32 Å². The molecular formula is C8H13NO4S. The van der Waals surface area contributed by atoms with E-state index in [9.17, 15) is 13.2 Å². The molecule has 0 aromatic heterocycles. The van der Waals surface area contributed by atoms with Crippen LogP contribution in [-0.4, -0.2) is 43.6 Å². The Morgan fingerprint density at radius 3 is 2.79 bits per heavy atom. The Bertz CT molecular complexity index is 350. The van der Waals surface area contributed by atoms with E-state index in [-0.39, 0.29) is 29.3 Å². The highest BCUT2D eigenvalue weighted by Crippen LogP contribution is 2.36. The van der Waals surface area contributed by atoms with E-state index >= 15 is 0 Å². The van der Waals surface area contributed by atoms with E-state index in [4.69, 9.17) is 5.11 Å². The highest BCUT2D eigenvalue weighted by Gasteiger charge is 2.49. The number of carboxylic acids is 1. The van der Waals surface area contributed by atoms with Crippen molar-refractivity contribution < 1.29 is 18.3 Å². The van der Waals surface area contributed by atoms with Crippen molar-refractivity contribution in [2.75, 3.05) is 18.8 Å². The van der Waals surface area contributed by atoms with Crippen molar-refractivity contribution in [2.24, 2.45) is 11.8 Å². The summed E-state index contributed by atoms with van der Waals surface area (Å²) in [5, 5.41) is 11.3. The lowest BCUT2D eigenvalue weighted by molar-refractivity contribution is -0.138. The number of nitrogens with one attached hydrogen (secondary N) is 1. The zero-order valence-electron chi connectivity index (χ0n) is 7.64. The van der Waals surface area contributed by atoms with Crippen molar-refractivity contribution in [3.05, 3.63) is 0 Å². The highest BCUT2D eigenvalue weighted by atomic mass is 32.2. The van der Waals surface area contributed by atoms with E-state index in [0.29, 0.717) is 13.1 Å². The van der Waals surface area contributed by atoms with Crippen molar-refractivity contribution >= 4 is 15.8 Å². The first-order valence-electron chi connectivity index (χ1n) is 4.65. The van der Waals surface area contributed by atoms with Gasteiger partial charge < -0.3 is 10.4 Å². The molecule has 2 heterocycles. The van der Waals surface area contributed by atoms with Gasteiger partial charge in [0.15, 0.2) is 9.84 Å². The minimum Gasteiger partial charge on any atom is -0.481 e. The average Bonchev–Trinajstić information content (AvgIpc) is 2.55. The highest BCUT2D eigenvalue weighted by molar-refractivity contribution is 7.92. The van der Waals surface area contributed by atoms with Crippen LogP contribution >= 0.6 is 0 Å². The number of aliphatic carboxylic acids is 1. The molecule has 2 aliphatic rings. The number of hydrogen-bond acceptors (Lipinski definition) is 4. The molecule has 0 aromatic carbocycles. The van der Waals surface area contributed by atoms with Gasteiger partial charge in [0.2, 0.25) is 0 Å². The van der Waals surface area contributed by atoms with Crippen LogP contribution in [0, 0.1) is 11.8 Å². The van der Waals surface area contributed by atoms with Gasteiger partial charge in [0.25, 0.3) is 0 Å². The molecule has 6 heteroatoms. The third-order valence-corrected chi connectivity index (χ3v) is 5.48. The number of sulfone groups is 1. The van der Waals surface area contributed by atoms with E-state index in [1.165, 1.54) is 0 Å². The van der Waals surface area contributed by atoms with Gasteiger partial charge >= 0.3 is 5.97 Å². The molecule has 5 nitrogen and oxygen atoms in total. The van der Waals surface area contributed by atoms with Crippen molar-refractivity contribution in [3.8, 4) is 0 Å². The summed E-state index contributed by atoms with van der Waals surface area (Å²) < 4.78 is 23.2. The lowest BCUT2D eigenvalue weighted by atomic mass is 9.91. The summed E-state index contributed by atoms with van der Waals surface area (Å²) in [6, 6.07) is 0. The molecule has 0 aromatic rings. The SMILES string of the molecule is O=C(O)C[C@H]1CS(=O)(=O)[C@H]2CNC[C@@H]12. The Morgan fingerprint density at radius 1 is 1.43 bits per heavy atom. The zero-order valence-corrected chi connectivity index (χ0v) is 8.46. The van der Waals surface area contributed by atoms with Crippen LogP contribution in [0.3, 0.4) is 0 Å². The van der Waals surface area contributed by atoms with Gasteiger partial charge in [-0.25, -0.2) is 8.42 Å². The maximum Gasteiger partial charge on any atom is 0.303 e. The fraction of sp³-hybridized carbons (Fsp3) is 0.875. The largest absolute Gasteiger partial charge is 0.481 e. The lowest BCUT2D eigenvalue weighted by Crippen LogP contribution is -2.22. The van der Waals surface area contributed by atoms with Crippen LogP contribution in [-0.2, 0) is 14.6 Å². The minimum atomic E-state index is -3.04. The summed E-state index contributed by atoms with van der Waals surface area (Å²) in [6.07, 6.45) is -0.0257. The second kappa shape index (κ2) is 3.20.